The summed E-state index contributed by atoms with van der Waals surface area (Å²) in [6.45, 7) is 5.55. The molecule has 0 unspecified atom stereocenters. The number of aliphatic carboxylic acids is 1. The van der Waals surface area contributed by atoms with Crippen molar-refractivity contribution in [3.63, 3.8) is 0 Å². The maximum atomic E-state index is 11.0. The molecule has 0 aliphatic rings. The maximum Gasteiger partial charge on any atom is 0.335 e. The fourth-order valence-corrected chi connectivity index (χ4v) is 1.80. The van der Waals surface area contributed by atoms with E-state index >= 15 is 0 Å². The van der Waals surface area contributed by atoms with E-state index < -0.39 is 5.97 Å². The Labute approximate surface area is 99.4 Å². The van der Waals surface area contributed by atoms with Crippen LogP contribution in [-0.4, -0.2) is 16.1 Å². The summed E-state index contributed by atoms with van der Waals surface area (Å²) in [6, 6.07) is 9.50. The van der Waals surface area contributed by atoms with Gasteiger partial charge in [-0.1, -0.05) is 31.7 Å². The minimum absolute atomic E-state index is 0.0973. The first-order valence-electron chi connectivity index (χ1n) is 5.44. The number of benzene rings is 1. The summed E-state index contributed by atoms with van der Waals surface area (Å²) in [4.78, 5) is 15.4. The van der Waals surface area contributed by atoms with Crippen LogP contribution in [0.2, 0.25) is 0 Å². The van der Waals surface area contributed by atoms with Crippen molar-refractivity contribution >= 4 is 22.4 Å². The van der Waals surface area contributed by atoms with E-state index in [2.05, 4.69) is 11.6 Å². The molecule has 2 rings (SSSR count). The number of para-hydroxylation sites is 1. The number of aromatic nitrogens is 1. The molecule has 2 aromatic rings. The van der Waals surface area contributed by atoms with Crippen molar-refractivity contribution in [3.05, 3.63) is 48.2 Å². The zero-order valence-electron chi connectivity index (χ0n) is 9.60. The molecule has 0 saturated heterocycles. The van der Waals surface area contributed by atoms with Gasteiger partial charge in [0.15, 0.2) is 0 Å². The average molecular weight is 227 g/mol. The highest BCUT2D eigenvalue weighted by molar-refractivity contribution is 6.15. The molecule has 86 valence electrons. The van der Waals surface area contributed by atoms with Crippen molar-refractivity contribution in [2.45, 2.75) is 13.3 Å². The molecular weight excluding hydrogens is 214 g/mol. The number of pyridine rings is 1. The van der Waals surface area contributed by atoms with Crippen LogP contribution < -0.4 is 0 Å². The van der Waals surface area contributed by atoms with Gasteiger partial charge < -0.3 is 5.11 Å². The molecule has 1 aromatic carbocycles. The van der Waals surface area contributed by atoms with E-state index in [1.807, 2.05) is 37.3 Å². The number of hydrogen-bond donors (Lipinski definition) is 1. The van der Waals surface area contributed by atoms with Crippen molar-refractivity contribution < 1.29 is 9.90 Å². The first-order chi connectivity index (χ1) is 8.13. The number of carboxylic acids is 1. The van der Waals surface area contributed by atoms with Gasteiger partial charge in [0.05, 0.1) is 11.1 Å². The summed E-state index contributed by atoms with van der Waals surface area (Å²) < 4.78 is 0. The average Bonchev–Trinajstić information content (AvgIpc) is 2.36. The Bertz CT molecular complexity index is 602. The molecule has 0 atom stereocenters. The van der Waals surface area contributed by atoms with Crippen LogP contribution in [0.5, 0.6) is 0 Å². The normalized spacial score (nSPS) is 10.4. The molecule has 1 aromatic heterocycles. The third kappa shape index (κ3) is 2.04. The maximum absolute atomic E-state index is 11.0. The van der Waals surface area contributed by atoms with E-state index in [1.165, 1.54) is 0 Å². The topological polar surface area (TPSA) is 50.2 Å². The van der Waals surface area contributed by atoms with Gasteiger partial charge in [0.25, 0.3) is 0 Å². The van der Waals surface area contributed by atoms with Crippen molar-refractivity contribution in [1.82, 2.24) is 4.98 Å². The number of nitrogens with zero attached hydrogens (tertiary/aromatic N) is 1. The second-order valence-corrected chi connectivity index (χ2v) is 3.81. The van der Waals surface area contributed by atoms with Crippen molar-refractivity contribution in [2.24, 2.45) is 0 Å². The molecule has 17 heavy (non-hydrogen) atoms. The Kier molecular flexibility index (Phi) is 2.91. The van der Waals surface area contributed by atoms with Gasteiger partial charge in [0.2, 0.25) is 0 Å². The number of carbonyl (C=O) groups is 1. The summed E-state index contributed by atoms with van der Waals surface area (Å²) in [5, 5.41) is 9.93. The van der Waals surface area contributed by atoms with Gasteiger partial charge in [-0.2, -0.15) is 0 Å². The van der Waals surface area contributed by atoms with Crippen LogP contribution in [0.4, 0.5) is 0 Å². The quantitative estimate of drug-likeness (QED) is 0.820. The van der Waals surface area contributed by atoms with Crippen LogP contribution in [0.1, 0.15) is 18.2 Å². The highest BCUT2D eigenvalue weighted by atomic mass is 16.4. The molecule has 3 heteroatoms. The van der Waals surface area contributed by atoms with Crippen LogP contribution in [0.15, 0.2) is 36.9 Å². The Morgan fingerprint density at radius 1 is 1.41 bits per heavy atom. The van der Waals surface area contributed by atoms with Crippen molar-refractivity contribution in [3.8, 4) is 0 Å². The largest absolute Gasteiger partial charge is 0.478 e. The molecule has 3 nitrogen and oxygen atoms in total. The summed E-state index contributed by atoms with van der Waals surface area (Å²) in [5.74, 6) is -1.00. The molecule has 0 spiro atoms. The molecule has 1 heterocycles. The van der Waals surface area contributed by atoms with Gasteiger partial charge in [-0.3, -0.25) is 4.98 Å². The second kappa shape index (κ2) is 4.37. The van der Waals surface area contributed by atoms with E-state index in [0.29, 0.717) is 12.0 Å². The zero-order chi connectivity index (χ0) is 12.4. The number of hydrogen-bond acceptors (Lipinski definition) is 2. The molecule has 0 amide bonds. The lowest BCUT2D eigenvalue weighted by molar-refractivity contribution is -0.130. The lowest BCUT2D eigenvalue weighted by atomic mass is 10.0. The van der Waals surface area contributed by atoms with Gasteiger partial charge in [-0.05, 0) is 18.6 Å². The van der Waals surface area contributed by atoms with Crippen LogP contribution >= 0.6 is 0 Å². The predicted molar refractivity (Wildman–Crippen MR) is 67.8 cm³/mol. The molecule has 0 aliphatic heterocycles. The van der Waals surface area contributed by atoms with Crippen LogP contribution in [0.25, 0.3) is 16.5 Å². The van der Waals surface area contributed by atoms with Gasteiger partial charge in [0.1, 0.15) is 0 Å². The highest BCUT2D eigenvalue weighted by Crippen LogP contribution is 2.22. The Morgan fingerprint density at radius 2 is 2.12 bits per heavy atom. The molecule has 1 N–H and O–H groups in total. The molecule has 0 fully saturated rings. The Hall–Kier alpha value is -2.16. The summed E-state index contributed by atoms with van der Waals surface area (Å²) in [5.41, 5.74) is 2.38. The van der Waals surface area contributed by atoms with Crippen molar-refractivity contribution in [1.29, 1.82) is 0 Å². The van der Waals surface area contributed by atoms with E-state index in [-0.39, 0.29) is 5.57 Å². The second-order valence-electron chi connectivity index (χ2n) is 3.81. The lowest BCUT2D eigenvalue weighted by Crippen LogP contribution is -2.03. The molecule has 0 bridgehead atoms. The fourth-order valence-electron chi connectivity index (χ4n) is 1.80. The third-order valence-corrected chi connectivity index (χ3v) is 2.72. The van der Waals surface area contributed by atoms with E-state index in [4.69, 9.17) is 5.11 Å². The van der Waals surface area contributed by atoms with Gasteiger partial charge in [0, 0.05) is 16.6 Å². The lowest BCUT2D eigenvalue weighted by Gasteiger charge is -2.08. The summed E-state index contributed by atoms with van der Waals surface area (Å²) in [7, 11) is 0. The number of carboxylic acid groups (broad SMARTS) is 1. The number of rotatable bonds is 3. The third-order valence-electron chi connectivity index (χ3n) is 2.72. The van der Waals surface area contributed by atoms with E-state index in [0.717, 1.165) is 16.6 Å². The van der Waals surface area contributed by atoms with Gasteiger partial charge >= 0.3 is 5.97 Å². The van der Waals surface area contributed by atoms with Crippen LogP contribution in [0.3, 0.4) is 0 Å². The first-order valence-corrected chi connectivity index (χ1v) is 5.44. The number of fused-ring (bicyclic) bond motifs is 1. The van der Waals surface area contributed by atoms with Gasteiger partial charge in [-0.15, -0.1) is 0 Å². The SMILES string of the molecule is C=C(C(=O)O)c1cc2ccccc2nc1CC. The summed E-state index contributed by atoms with van der Waals surface area (Å²) in [6.07, 6.45) is 0.687. The summed E-state index contributed by atoms with van der Waals surface area (Å²) >= 11 is 0. The van der Waals surface area contributed by atoms with Crippen LogP contribution in [0, 0.1) is 0 Å². The predicted octanol–water partition coefficient (Wildman–Crippen LogP) is 2.90. The van der Waals surface area contributed by atoms with Gasteiger partial charge in [-0.25, -0.2) is 4.79 Å². The highest BCUT2D eigenvalue weighted by Gasteiger charge is 2.13. The van der Waals surface area contributed by atoms with Crippen LogP contribution in [-0.2, 0) is 11.2 Å². The standard InChI is InChI=1S/C14H13NO2/c1-3-12-11(9(2)14(16)17)8-10-6-4-5-7-13(10)15-12/h4-8H,2-3H2,1H3,(H,16,17). The molecule has 0 aliphatic carbocycles. The molecule has 0 radical (unpaired) electrons. The first kappa shape index (κ1) is 11.3. The zero-order valence-corrected chi connectivity index (χ0v) is 9.60. The monoisotopic (exact) mass is 227 g/mol. The minimum Gasteiger partial charge on any atom is -0.478 e. The smallest absolute Gasteiger partial charge is 0.335 e. The Balaban J connectivity index is 2.69. The van der Waals surface area contributed by atoms with E-state index in [9.17, 15) is 4.79 Å². The number of aryl methyl sites for hydroxylation is 1. The minimum atomic E-state index is -1.00. The Morgan fingerprint density at radius 3 is 2.76 bits per heavy atom. The van der Waals surface area contributed by atoms with E-state index in [1.54, 1.807) is 0 Å². The molecular formula is C14H13NO2. The molecule has 0 saturated carbocycles. The van der Waals surface area contributed by atoms with Crippen molar-refractivity contribution in [2.75, 3.05) is 0 Å². The fraction of sp³-hybridized carbons (Fsp3) is 0.143.